The van der Waals surface area contributed by atoms with Crippen molar-refractivity contribution in [3.8, 4) is 28.1 Å². The Bertz CT molecular complexity index is 1340. The van der Waals surface area contributed by atoms with Gasteiger partial charge in [0, 0.05) is 11.8 Å². The first-order chi connectivity index (χ1) is 17.2. The number of alkyl halides is 3. The lowest BCUT2D eigenvalue weighted by Gasteiger charge is -2.16. The number of hydrogen-bond acceptors (Lipinski definition) is 5. The number of nitrogens with zero attached hydrogens (tertiary/aromatic N) is 2. The van der Waals surface area contributed by atoms with Crippen LogP contribution >= 0.6 is 0 Å². The van der Waals surface area contributed by atoms with Gasteiger partial charge in [-0.05, 0) is 41.0 Å². The lowest BCUT2D eigenvalue weighted by Crippen LogP contribution is -2.18. The van der Waals surface area contributed by atoms with Crippen LogP contribution in [0.1, 0.15) is 29.4 Å². The molecule has 0 saturated carbocycles. The summed E-state index contributed by atoms with van der Waals surface area (Å²) < 4.78 is 47.1. The molecular weight excluding hydrogens is 471 g/mol. The number of benzene rings is 3. The summed E-state index contributed by atoms with van der Waals surface area (Å²) in [5.74, 6) is -1.41. The van der Waals surface area contributed by atoms with E-state index in [1.165, 1.54) is 24.4 Å². The second-order valence-corrected chi connectivity index (χ2v) is 8.06. The number of nitrogens with two attached hydrogens (primary N) is 1. The SMILES string of the molecule is NC(CC(=O)O)c1nccc(-c2ccc(OCc3ccc(-c4ccccc4)cc3)c(C(F)(F)F)c2)n1. The zero-order chi connectivity index (χ0) is 25.7. The first-order valence-corrected chi connectivity index (χ1v) is 11.0. The Balaban J connectivity index is 1.55. The summed E-state index contributed by atoms with van der Waals surface area (Å²) in [5, 5.41) is 8.91. The molecule has 9 heteroatoms. The molecule has 36 heavy (non-hydrogen) atoms. The van der Waals surface area contributed by atoms with Crippen molar-refractivity contribution in [1.29, 1.82) is 0 Å². The number of carboxylic acids is 1. The van der Waals surface area contributed by atoms with Gasteiger partial charge in [0.2, 0.25) is 0 Å². The molecule has 4 aromatic rings. The van der Waals surface area contributed by atoms with E-state index in [4.69, 9.17) is 15.6 Å². The highest BCUT2D eigenvalue weighted by atomic mass is 19.4. The zero-order valence-electron chi connectivity index (χ0n) is 18.9. The molecule has 4 rings (SSSR count). The molecule has 1 aromatic heterocycles. The number of carbonyl (C=O) groups is 1. The van der Waals surface area contributed by atoms with Crippen LogP contribution in [0.25, 0.3) is 22.4 Å². The van der Waals surface area contributed by atoms with Gasteiger partial charge in [0.05, 0.1) is 23.7 Å². The van der Waals surface area contributed by atoms with Crippen LogP contribution in [-0.2, 0) is 17.6 Å². The van der Waals surface area contributed by atoms with Crippen molar-refractivity contribution >= 4 is 5.97 Å². The van der Waals surface area contributed by atoms with Crippen molar-refractivity contribution in [2.24, 2.45) is 5.73 Å². The van der Waals surface area contributed by atoms with Crippen molar-refractivity contribution in [1.82, 2.24) is 9.97 Å². The molecule has 1 unspecified atom stereocenters. The molecule has 3 N–H and O–H groups in total. The third-order valence-electron chi connectivity index (χ3n) is 5.44. The van der Waals surface area contributed by atoms with E-state index in [1.54, 1.807) is 0 Å². The highest BCUT2D eigenvalue weighted by Gasteiger charge is 2.35. The molecule has 0 radical (unpaired) electrons. The summed E-state index contributed by atoms with van der Waals surface area (Å²) in [5.41, 5.74) is 7.97. The van der Waals surface area contributed by atoms with Crippen LogP contribution in [0.3, 0.4) is 0 Å². The van der Waals surface area contributed by atoms with Gasteiger partial charge in [0.25, 0.3) is 0 Å². The minimum absolute atomic E-state index is 0.0303. The van der Waals surface area contributed by atoms with E-state index in [0.29, 0.717) is 0 Å². The largest absolute Gasteiger partial charge is 0.488 e. The number of halogens is 3. The smallest absolute Gasteiger partial charge is 0.419 e. The predicted octanol–water partition coefficient (Wildman–Crippen LogP) is 5.88. The summed E-state index contributed by atoms with van der Waals surface area (Å²) in [6.07, 6.45) is -3.75. The van der Waals surface area contributed by atoms with Crippen molar-refractivity contribution < 1.29 is 27.8 Å². The molecule has 0 aliphatic rings. The molecule has 0 saturated heterocycles. The van der Waals surface area contributed by atoms with E-state index in [9.17, 15) is 18.0 Å². The molecular formula is C27H22F3N3O3. The van der Waals surface area contributed by atoms with Crippen molar-refractivity contribution in [2.45, 2.75) is 25.2 Å². The van der Waals surface area contributed by atoms with Gasteiger partial charge in [-0.15, -0.1) is 0 Å². The molecule has 0 bridgehead atoms. The summed E-state index contributed by atoms with van der Waals surface area (Å²) >= 11 is 0. The quantitative estimate of drug-likeness (QED) is 0.318. The van der Waals surface area contributed by atoms with Crippen molar-refractivity contribution in [2.75, 3.05) is 0 Å². The second kappa shape index (κ2) is 10.6. The Hall–Kier alpha value is -4.24. The number of aliphatic carboxylic acids is 1. The third-order valence-corrected chi connectivity index (χ3v) is 5.44. The molecule has 184 valence electrons. The number of ether oxygens (including phenoxy) is 1. The molecule has 3 aromatic carbocycles. The average molecular weight is 493 g/mol. The summed E-state index contributed by atoms with van der Waals surface area (Å²) in [7, 11) is 0. The van der Waals surface area contributed by atoms with Crippen LogP contribution in [0.2, 0.25) is 0 Å². The lowest BCUT2D eigenvalue weighted by molar-refractivity contribution is -0.139. The van der Waals surface area contributed by atoms with Crippen LogP contribution in [0.5, 0.6) is 5.75 Å². The van der Waals surface area contributed by atoms with Gasteiger partial charge >= 0.3 is 12.1 Å². The van der Waals surface area contributed by atoms with E-state index < -0.39 is 30.2 Å². The predicted molar refractivity (Wildman–Crippen MR) is 128 cm³/mol. The molecule has 6 nitrogen and oxygen atoms in total. The van der Waals surface area contributed by atoms with Crippen LogP contribution in [0.4, 0.5) is 13.2 Å². The molecule has 0 aliphatic heterocycles. The number of rotatable bonds is 8. The van der Waals surface area contributed by atoms with E-state index >= 15 is 0 Å². The fourth-order valence-corrected chi connectivity index (χ4v) is 3.61. The topological polar surface area (TPSA) is 98.3 Å². The third kappa shape index (κ3) is 6.05. The summed E-state index contributed by atoms with van der Waals surface area (Å²) in [6, 6.07) is 21.2. The zero-order valence-corrected chi connectivity index (χ0v) is 18.9. The molecule has 0 fully saturated rings. The van der Waals surface area contributed by atoms with E-state index in [-0.39, 0.29) is 29.4 Å². The van der Waals surface area contributed by atoms with Crippen molar-refractivity contribution in [3.05, 3.63) is 102 Å². The van der Waals surface area contributed by atoms with Gasteiger partial charge in [0.1, 0.15) is 18.2 Å². The maximum absolute atomic E-state index is 13.9. The average Bonchev–Trinajstić information content (AvgIpc) is 2.87. The second-order valence-electron chi connectivity index (χ2n) is 8.06. The summed E-state index contributed by atoms with van der Waals surface area (Å²) in [6.45, 7) is -0.0425. The Labute approximate surface area is 205 Å². The van der Waals surface area contributed by atoms with Gasteiger partial charge in [-0.3, -0.25) is 4.79 Å². The first-order valence-electron chi connectivity index (χ1n) is 11.0. The molecule has 1 atom stereocenters. The van der Waals surface area contributed by atoms with Crippen molar-refractivity contribution in [3.63, 3.8) is 0 Å². The number of hydrogen-bond donors (Lipinski definition) is 2. The van der Waals surface area contributed by atoms with E-state index in [1.807, 2.05) is 54.6 Å². The number of carboxylic acid groups (broad SMARTS) is 1. The van der Waals surface area contributed by atoms with Crippen LogP contribution in [0, 0.1) is 0 Å². The van der Waals surface area contributed by atoms with Gasteiger partial charge < -0.3 is 15.6 Å². The summed E-state index contributed by atoms with van der Waals surface area (Å²) in [4.78, 5) is 19.0. The van der Waals surface area contributed by atoms with E-state index in [0.717, 1.165) is 22.8 Å². The van der Waals surface area contributed by atoms with Crippen LogP contribution < -0.4 is 10.5 Å². The molecule has 0 amide bonds. The molecule has 1 heterocycles. The lowest BCUT2D eigenvalue weighted by atomic mass is 10.0. The molecule has 0 aliphatic carbocycles. The van der Waals surface area contributed by atoms with Gasteiger partial charge in [0.15, 0.2) is 0 Å². The highest BCUT2D eigenvalue weighted by Crippen LogP contribution is 2.39. The Morgan fingerprint density at radius 1 is 0.944 bits per heavy atom. The van der Waals surface area contributed by atoms with Crippen LogP contribution in [0.15, 0.2) is 85.1 Å². The standard InChI is InChI=1S/C27H22F3N3O3/c28-27(29,30)21-14-20(23-12-13-32-26(33-23)22(31)15-25(34)35)10-11-24(21)36-16-17-6-8-19(9-7-17)18-4-2-1-3-5-18/h1-14,22H,15-16,31H2,(H,34,35). The Morgan fingerprint density at radius 3 is 2.28 bits per heavy atom. The Morgan fingerprint density at radius 2 is 1.61 bits per heavy atom. The fourth-order valence-electron chi connectivity index (χ4n) is 3.61. The van der Waals surface area contributed by atoms with Crippen LogP contribution in [-0.4, -0.2) is 21.0 Å². The maximum Gasteiger partial charge on any atom is 0.419 e. The highest BCUT2D eigenvalue weighted by molar-refractivity contribution is 5.68. The minimum Gasteiger partial charge on any atom is -0.488 e. The normalized spacial score (nSPS) is 12.2. The van der Waals surface area contributed by atoms with Gasteiger partial charge in [-0.2, -0.15) is 13.2 Å². The minimum atomic E-state index is -4.67. The van der Waals surface area contributed by atoms with Gasteiger partial charge in [-0.1, -0.05) is 54.6 Å². The monoisotopic (exact) mass is 493 g/mol. The van der Waals surface area contributed by atoms with E-state index in [2.05, 4.69) is 9.97 Å². The molecule has 0 spiro atoms. The Kier molecular flexibility index (Phi) is 7.30. The number of aromatic nitrogens is 2. The van der Waals surface area contributed by atoms with Gasteiger partial charge in [-0.25, -0.2) is 9.97 Å². The fraction of sp³-hybridized carbons (Fsp3) is 0.148. The maximum atomic E-state index is 13.9. The first kappa shape index (κ1) is 24.9.